The third-order valence-electron chi connectivity index (χ3n) is 4.74. The topological polar surface area (TPSA) is 29.5 Å². The van der Waals surface area contributed by atoms with Crippen molar-refractivity contribution >= 4 is 11.1 Å². The Labute approximate surface area is 148 Å². The maximum Gasteiger partial charge on any atom is 0.150 e. The minimum atomic E-state index is -0.167. The van der Waals surface area contributed by atoms with Crippen LogP contribution in [0.2, 0.25) is 0 Å². The second-order valence-corrected chi connectivity index (χ2v) is 6.49. The molecule has 1 aliphatic rings. The van der Waals surface area contributed by atoms with Crippen LogP contribution in [0.4, 0.5) is 0 Å². The van der Waals surface area contributed by atoms with Gasteiger partial charge in [-0.15, -0.1) is 0 Å². The van der Waals surface area contributed by atoms with Crippen molar-refractivity contribution in [3.8, 4) is 11.5 Å². The van der Waals surface area contributed by atoms with Gasteiger partial charge in [-0.05, 0) is 48.7 Å². The molecular weight excluding hydrogens is 308 g/mol. The van der Waals surface area contributed by atoms with E-state index in [9.17, 15) is 5.11 Å². The maximum absolute atomic E-state index is 9.90. The standard InChI is InChI=1S/C23H20O2/c1-15-8-10-18(11-9-15)23-22(17-6-4-3-5-7-17)16(2)20-14-19(24)12-13-21(20)25-23/h3-14,23-24H,1-2H3. The Morgan fingerprint density at radius 2 is 1.56 bits per heavy atom. The summed E-state index contributed by atoms with van der Waals surface area (Å²) in [5.41, 5.74) is 6.72. The molecule has 0 amide bonds. The van der Waals surface area contributed by atoms with Crippen molar-refractivity contribution in [2.75, 3.05) is 0 Å². The number of ether oxygens (including phenoxy) is 1. The number of rotatable bonds is 2. The molecular formula is C23H20O2. The molecule has 0 aliphatic carbocycles. The molecule has 25 heavy (non-hydrogen) atoms. The van der Waals surface area contributed by atoms with Gasteiger partial charge in [-0.2, -0.15) is 0 Å². The summed E-state index contributed by atoms with van der Waals surface area (Å²) < 4.78 is 6.38. The molecule has 124 valence electrons. The Hall–Kier alpha value is -3.00. The summed E-state index contributed by atoms with van der Waals surface area (Å²) in [5.74, 6) is 1.06. The number of fused-ring (bicyclic) bond motifs is 1. The first-order valence-corrected chi connectivity index (χ1v) is 8.46. The van der Waals surface area contributed by atoms with Crippen LogP contribution in [0.1, 0.15) is 35.3 Å². The summed E-state index contributed by atoms with van der Waals surface area (Å²) >= 11 is 0. The van der Waals surface area contributed by atoms with Crippen LogP contribution in [0, 0.1) is 6.92 Å². The van der Waals surface area contributed by atoms with Gasteiger partial charge in [-0.3, -0.25) is 0 Å². The fourth-order valence-corrected chi connectivity index (χ4v) is 3.40. The molecule has 1 atom stereocenters. The van der Waals surface area contributed by atoms with E-state index < -0.39 is 0 Å². The van der Waals surface area contributed by atoms with Gasteiger partial charge in [0, 0.05) is 11.1 Å². The molecule has 1 heterocycles. The lowest BCUT2D eigenvalue weighted by Gasteiger charge is -2.31. The van der Waals surface area contributed by atoms with Crippen LogP contribution in [-0.2, 0) is 0 Å². The average molecular weight is 328 g/mol. The van der Waals surface area contributed by atoms with Gasteiger partial charge >= 0.3 is 0 Å². The normalized spacial score (nSPS) is 16.3. The molecule has 1 unspecified atom stereocenters. The van der Waals surface area contributed by atoms with Gasteiger partial charge in [0.25, 0.3) is 0 Å². The van der Waals surface area contributed by atoms with Crippen molar-refractivity contribution in [2.45, 2.75) is 20.0 Å². The molecule has 0 saturated carbocycles. The van der Waals surface area contributed by atoms with E-state index in [0.29, 0.717) is 0 Å². The fraction of sp³-hybridized carbons (Fsp3) is 0.130. The molecule has 1 N–H and O–H groups in total. The molecule has 2 nitrogen and oxygen atoms in total. The largest absolute Gasteiger partial charge is 0.508 e. The maximum atomic E-state index is 9.90. The predicted molar refractivity (Wildman–Crippen MR) is 102 cm³/mol. The van der Waals surface area contributed by atoms with Gasteiger partial charge in [0.1, 0.15) is 17.6 Å². The Balaban J connectivity index is 1.93. The smallest absolute Gasteiger partial charge is 0.150 e. The first-order valence-electron chi connectivity index (χ1n) is 8.46. The molecule has 0 radical (unpaired) electrons. The molecule has 2 heteroatoms. The van der Waals surface area contributed by atoms with Crippen LogP contribution in [0.25, 0.3) is 11.1 Å². The van der Waals surface area contributed by atoms with Crippen LogP contribution in [0.5, 0.6) is 11.5 Å². The monoisotopic (exact) mass is 328 g/mol. The molecule has 0 fully saturated rings. The molecule has 0 spiro atoms. The molecule has 0 bridgehead atoms. The van der Waals surface area contributed by atoms with Crippen molar-refractivity contribution in [1.82, 2.24) is 0 Å². The number of allylic oxidation sites excluding steroid dienone is 1. The second kappa shape index (κ2) is 6.14. The van der Waals surface area contributed by atoms with E-state index in [2.05, 4.69) is 50.2 Å². The molecule has 1 aliphatic heterocycles. The molecule has 0 aromatic heterocycles. The number of hydrogen-bond acceptors (Lipinski definition) is 2. The molecule has 0 saturated heterocycles. The minimum absolute atomic E-state index is 0.167. The second-order valence-electron chi connectivity index (χ2n) is 6.49. The number of hydrogen-bond donors (Lipinski definition) is 1. The lowest BCUT2D eigenvalue weighted by molar-refractivity contribution is 0.259. The number of aromatic hydroxyl groups is 1. The van der Waals surface area contributed by atoms with E-state index in [0.717, 1.165) is 33.6 Å². The summed E-state index contributed by atoms with van der Waals surface area (Å²) in [6.45, 7) is 4.19. The van der Waals surface area contributed by atoms with Crippen molar-refractivity contribution in [2.24, 2.45) is 0 Å². The number of benzene rings is 3. The van der Waals surface area contributed by atoms with Gasteiger partial charge in [0.2, 0.25) is 0 Å². The van der Waals surface area contributed by atoms with Crippen LogP contribution in [-0.4, -0.2) is 5.11 Å². The van der Waals surface area contributed by atoms with E-state index in [1.165, 1.54) is 5.56 Å². The van der Waals surface area contributed by atoms with Gasteiger partial charge in [-0.25, -0.2) is 0 Å². The summed E-state index contributed by atoms with van der Waals surface area (Å²) in [7, 11) is 0. The van der Waals surface area contributed by atoms with E-state index in [1.54, 1.807) is 12.1 Å². The van der Waals surface area contributed by atoms with Crippen LogP contribution >= 0.6 is 0 Å². The molecule has 3 aromatic rings. The number of aryl methyl sites for hydroxylation is 1. The van der Waals surface area contributed by atoms with E-state index in [1.807, 2.05) is 24.3 Å². The fourth-order valence-electron chi connectivity index (χ4n) is 3.40. The summed E-state index contributed by atoms with van der Waals surface area (Å²) in [4.78, 5) is 0. The zero-order chi connectivity index (χ0) is 17.4. The summed E-state index contributed by atoms with van der Waals surface area (Å²) in [5, 5.41) is 9.90. The van der Waals surface area contributed by atoms with Crippen LogP contribution in [0.15, 0.2) is 72.8 Å². The third kappa shape index (κ3) is 2.80. The van der Waals surface area contributed by atoms with Crippen molar-refractivity contribution < 1.29 is 9.84 Å². The lowest BCUT2D eigenvalue weighted by atomic mass is 9.86. The quantitative estimate of drug-likeness (QED) is 0.647. The first kappa shape index (κ1) is 15.5. The van der Waals surface area contributed by atoms with Gasteiger partial charge < -0.3 is 9.84 Å². The van der Waals surface area contributed by atoms with Gasteiger partial charge in [0.15, 0.2) is 0 Å². The van der Waals surface area contributed by atoms with E-state index >= 15 is 0 Å². The zero-order valence-electron chi connectivity index (χ0n) is 14.4. The zero-order valence-corrected chi connectivity index (χ0v) is 14.4. The Kier molecular flexibility index (Phi) is 3.81. The Morgan fingerprint density at radius 3 is 2.28 bits per heavy atom. The van der Waals surface area contributed by atoms with Crippen molar-refractivity contribution in [3.63, 3.8) is 0 Å². The molecule has 3 aromatic carbocycles. The highest BCUT2D eigenvalue weighted by Gasteiger charge is 2.29. The van der Waals surface area contributed by atoms with Gasteiger partial charge in [-0.1, -0.05) is 60.2 Å². The Morgan fingerprint density at radius 1 is 0.840 bits per heavy atom. The summed E-state index contributed by atoms with van der Waals surface area (Å²) in [6.07, 6.45) is -0.167. The van der Waals surface area contributed by atoms with E-state index in [4.69, 9.17) is 4.74 Å². The average Bonchev–Trinajstić information content (AvgIpc) is 2.63. The van der Waals surface area contributed by atoms with Gasteiger partial charge in [0.05, 0.1) is 0 Å². The lowest BCUT2D eigenvalue weighted by Crippen LogP contribution is -2.16. The third-order valence-corrected chi connectivity index (χ3v) is 4.74. The predicted octanol–water partition coefficient (Wildman–Crippen LogP) is 5.77. The molecule has 4 rings (SSSR count). The van der Waals surface area contributed by atoms with Crippen molar-refractivity contribution in [1.29, 1.82) is 0 Å². The van der Waals surface area contributed by atoms with Crippen LogP contribution < -0.4 is 4.74 Å². The SMILES string of the molecule is CC1=C(c2ccccc2)C(c2ccc(C)cc2)Oc2ccc(O)cc21. The Bertz CT molecular complexity index is 938. The summed E-state index contributed by atoms with van der Waals surface area (Å²) in [6, 6.07) is 24.1. The van der Waals surface area contributed by atoms with Crippen molar-refractivity contribution in [3.05, 3.63) is 95.1 Å². The highest BCUT2D eigenvalue weighted by atomic mass is 16.5. The van der Waals surface area contributed by atoms with Crippen LogP contribution in [0.3, 0.4) is 0 Å². The number of phenolic OH excluding ortho intramolecular Hbond substituents is 1. The number of phenols is 1. The van der Waals surface area contributed by atoms with E-state index in [-0.39, 0.29) is 11.9 Å². The highest BCUT2D eigenvalue weighted by molar-refractivity contribution is 5.95. The highest BCUT2D eigenvalue weighted by Crippen LogP contribution is 2.47. The minimum Gasteiger partial charge on any atom is -0.508 e. The first-order chi connectivity index (χ1) is 12.1.